The van der Waals surface area contributed by atoms with Gasteiger partial charge in [-0.1, -0.05) is 54.1 Å². The lowest BCUT2D eigenvalue weighted by Gasteiger charge is -2.10. The highest BCUT2D eigenvalue weighted by Gasteiger charge is 2.18. The number of ether oxygens (including phenoxy) is 1. The lowest BCUT2D eigenvalue weighted by atomic mass is 10.1. The summed E-state index contributed by atoms with van der Waals surface area (Å²) in [6, 6.07) is 15.7. The Morgan fingerprint density at radius 2 is 1.74 bits per heavy atom. The molecule has 2 aromatic carbocycles. The molecule has 0 fully saturated rings. The summed E-state index contributed by atoms with van der Waals surface area (Å²) in [5.41, 5.74) is 1.33. The number of carbonyl (C=O) groups excluding carboxylic acids is 1. The number of aliphatic hydroxyl groups excluding tert-OH is 1. The zero-order valence-electron chi connectivity index (χ0n) is 10.1. The van der Waals surface area contributed by atoms with Gasteiger partial charge in [-0.3, -0.25) is 0 Å². The molecule has 0 saturated heterocycles. The van der Waals surface area contributed by atoms with Crippen molar-refractivity contribution in [3.63, 3.8) is 0 Å². The first-order valence-electron chi connectivity index (χ1n) is 5.81. The van der Waals surface area contributed by atoms with Crippen LogP contribution in [0.3, 0.4) is 0 Å². The highest BCUT2D eigenvalue weighted by Crippen LogP contribution is 2.15. The number of hydrogen-bond donors (Lipinski definition) is 1. The van der Waals surface area contributed by atoms with Gasteiger partial charge in [0.25, 0.3) is 0 Å². The summed E-state index contributed by atoms with van der Waals surface area (Å²) in [5.74, 6) is -0.666. The quantitative estimate of drug-likeness (QED) is 0.873. The Labute approximate surface area is 116 Å². The third-order valence-corrected chi connectivity index (χ3v) is 2.88. The maximum absolute atomic E-state index is 11.7. The summed E-state index contributed by atoms with van der Waals surface area (Å²) in [6.07, 6.45) is -1.26. The Balaban J connectivity index is 1.93. The number of carbonyl (C=O) groups is 1. The van der Waals surface area contributed by atoms with Gasteiger partial charge in [0, 0.05) is 5.02 Å². The van der Waals surface area contributed by atoms with Crippen LogP contribution in [0.1, 0.15) is 17.2 Å². The van der Waals surface area contributed by atoms with E-state index in [-0.39, 0.29) is 6.61 Å². The average Bonchev–Trinajstić information content (AvgIpc) is 2.46. The molecule has 0 aliphatic carbocycles. The van der Waals surface area contributed by atoms with Crippen LogP contribution >= 0.6 is 11.6 Å². The minimum Gasteiger partial charge on any atom is -0.459 e. The molecule has 0 bridgehead atoms. The van der Waals surface area contributed by atoms with E-state index in [9.17, 15) is 9.90 Å². The number of hydrogen-bond acceptors (Lipinski definition) is 3. The van der Waals surface area contributed by atoms with Crippen LogP contribution in [-0.4, -0.2) is 11.1 Å². The molecule has 2 aromatic rings. The van der Waals surface area contributed by atoms with E-state index in [4.69, 9.17) is 16.3 Å². The van der Waals surface area contributed by atoms with Gasteiger partial charge in [-0.25, -0.2) is 4.79 Å². The summed E-state index contributed by atoms with van der Waals surface area (Å²) in [7, 11) is 0. The Morgan fingerprint density at radius 1 is 1.11 bits per heavy atom. The molecule has 1 N–H and O–H groups in total. The molecule has 0 radical (unpaired) electrons. The lowest BCUT2D eigenvalue weighted by molar-refractivity contribution is -0.155. The third kappa shape index (κ3) is 3.81. The second-order valence-corrected chi connectivity index (χ2v) is 4.48. The standard InChI is InChI=1S/C15H13ClO3/c16-13-8-6-11(7-9-13)10-19-15(18)14(17)12-4-2-1-3-5-12/h1-9,14,17H,10H2. The molecule has 3 nitrogen and oxygen atoms in total. The molecule has 1 unspecified atom stereocenters. The molecule has 4 heteroatoms. The van der Waals surface area contributed by atoms with Crippen LogP contribution in [0.4, 0.5) is 0 Å². The summed E-state index contributed by atoms with van der Waals surface area (Å²) < 4.78 is 5.05. The van der Waals surface area contributed by atoms with E-state index < -0.39 is 12.1 Å². The van der Waals surface area contributed by atoms with Crippen molar-refractivity contribution in [1.29, 1.82) is 0 Å². The topological polar surface area (TPSA) is 46.5 Å². The largest absolute Gasteiger partial charge is 0.459 e. The first-order chi connectivity index (χ1) is 9.16. The lowest BCUT2D eigenvalue weighted by Crippen LogP contribution is -2.15. The Bertz CT molecular complexity index is 537. The van der Waals surface area contributed by atoms with Crippen LogP contribution in [0.2, 0.25) is 5.02 Å². The molecule has 0 amide bonds. The van der Waals surface area contributed by atoms with Crippen molar-refractivity contribution in [1.82, 2.24) is 0 Å². The predicted octanol–water partition coefficient (Wildman–Crippen LogP) is 3.12. The smallest absolute Gasteiger partial charge is 0.339 e. The van der Waals surface area contributed by atoms with Crippen molar-refractivity contribution in [2.24, 2.45) is 0 Å². The minimum absolute atomic E-state index is 0.111. The fourth-order valence-electron chi connectivity index (χ4n) is 1.59. The molecule has 0 aliphatic rings. The monoisotopic (exact) mass is 276 g/mol. The number of benzene rings is 2. The van der Waals surface area contributed by atoms with Crippen molar-refractivity contribution in [2.45, 2.75) is 12.7 Å². The number of esters is 1. The molecule has 19 heavy (non-hydrogen) atoms. The van der Waals surface area contributed by atoms with Crippen LogP contribution in [0, 0.1) is 0 Å². The first kappa shape index (κ1) is 13.6. The van der Waals surface area contributed by atoms with Crippen LogP contribution in [0.15, 0.2) is 54.6 Å². The molecular formula is C15H13ClO3. The summed E-state index contributed by atoms with van der Waals surface area (Å²) >= 11 is 5.76. The van der Waals surface area contributed by atoms with Crippen LogP contribution in [0.5, 0.6) is 0 Å². The van der Waals surface area contributed by atoms with Crippen LogP contribution in [0.25, 0.3) is 0 Å². The molecule has 0 spiro atoms. The van der Waals surface area contributed by atoms with E-state index in [0.717, 1.165) is 5.56 Å². The highest BCUT2D eigenvalue weighted by atomic mass is 35.5. The van der Waals surface area contributed by atoms with E-state index in [2.05, 4.69) is 0 Å². The van der Waals surface area contributed by atoms with Gasteiger partial charge in [0.05, 0.1) is 0 Å². The van der Waals surface area contributed by atoms with Gasteiger partial charge in [0.1, 0.15) is 6.61 Å². The fourth-order valence-corrected chi connectivity index (χ4v) is 1.71. The van der Waals surface area contributed by atoms with Gasteiger partial charge in [-0.2, -0.15) is 0 Å². The number of halogens is 1. The maximum Gasteiger partial charge on any atom is 0.339 e. The van der Waals surface area contributed by atoms with Crippen molar-refractivity contribution in [2.75, 3.05) is 0 Å². The normalized spacial score (nSPS) is 11.9. The molecular weight excluding hydrogens is 264 g/mol. The van der Waals surface area contributed by atoms with E-state index in [0.29, 0.717) is 10.6 Å². The second kappa shape index (κ2) is 6.36. The Hall–Kier alpha value is -1.84. The molecule has 0 saturated carbocycles. The molecule has 2 rings (SSSR count). The Morgan fingerprint density at radius 3 is 2.37 bits per heavy atom. The van der Waals surface area contributed by atoms with Gasteiger partial charge in [-0.05, 0) is 23.3 Å². The summed E-state index contributed by atoms with van der Waals surface area (Å²) in [5, 5.41) is 10.4. The first-order valence-corrected chi connectivity index (χ1v) is 6.19. The van der Waals surface area contributed by atoms with E-state index in [1.54, 1.807) is 48.5 Å². The van der Waals surface area contributed by atoms with Gasteiger partial charge in [0.2, 0.25) is 0 Å². The maximum atomic E-state index is 11.7. The molecule has 1 atom stereocenters. The van der Waals surface area contributed by atoms with Crippen molar-refractivity contribution >= 4 is 17.6 Å². The molecule has 0 aromatic heterocycles. The minimum atomic E-state index is -1.26. The zero-order valence-corrected chi connectivity index (χ0v) is 10.9. The van der Waals surface area contributed by atoms with Crippen LogP contribution < -0.4 is 0 Å². The third-order valence-electron chi connectivity index (χ3n) is 2.63. The Kier molecular flexibility index (Phi) is 4.55. The van der Waals surface area contributed by atoms with Gasteiger partial charge in [-0.15, -0.1) is 0 Å². The van der Waals surface area contributed by atoms with E-state index in [1.165, 1.54) is 0 Å². The molecule has 98 valence electrons. The zero-order chi connectivity index (χ0) is 13.7. The molecule has 0 aliphatic heterocycles. The van der Waals surface area contributed by atoms with Gasteiger partial charge in [0.15, 0.2) is 6.10 Å². The fraction of sp³-hybridized carbons (Fsp3) is 0.133. The van der Waals surface area contributed by atoms with Gasteiger partial charge < -0.3 is 9.84 Å². The summed E-state index contributed by atoms with van der Waals surface area (Å²) in [6.45, 7) is 0.111. The van der Waals surface area contributed by atoms with Crippen molar-refractivity contribution in [3.05, 3.63) is 70.7 Å². The van der Waals surface area contributed by atoms with Crippen LogP contribution in [-0.2, 0) is 16.1 Å². The predicted molar refractivity (Wildman–Crippen MR) is 72.6 cm³/mol. The van der Waals surface area contributed by atoms with E-state index in [1.807, 2.05) is 6.07 Å². The second-order valence-electron chi connectivity index (χ2n) is 4.05. The van der Waals surface area contributed by atoms with E-state index >= 15 is 0 Å². The number of rotatable bonds is 4. The average molecular weight is 277 g/mol. The van der Waals surface area contributed by atoms with Crippen molar-refractivity contribution in [3.8, 4) is 0 Å². The highest BCUT2D eigenvalue weighted by molar-refractivity contribution is 6.30. The summed E-state index contributed by atoms with van der Waals surface area (Å²) in [4.78, 5) is 11.7. The van der Waals surface area contributed by atoms with Gasteiger partial charge >= 0.3 is 5.97 Å². The number of aliphatic hydroxyl groups is 1. The molecule has 0 heterocycles. The van der Waals surface area contributed by atoms with Crippen molar-refractivity contribution < 1.29 is 14.6 Å². The SMILES string of the molecule is O=C(OCc1ccc(Cl)cc1)C(O)c1ccccc1.